The van der Waals surface area contributed by atoms with Crippen LogP contribution in [0.3, 0.4) is 0 Å². The van der Waals surface area contributed by atoms with Crippen LogP contribution < -0.4 is 0 Å². The maximum absolute atomic E-state index is 10.8. The van der Waals surface area contributed by atoms with Crippen LogP contribution in [0.15, 0.2) is 0 Å². The Labute approximate surface area is 96.2 Å². The van der Waals surface area contributed by atoms with Crippen LogP contribution in [0.4, 0.5) is 0 Å². The molecule has 2 aliphatic rings. The lowest BCUT2D eigenvalue weighted by Gasteiger charge is -2.30. The molecule has 0 amide bonds. The third-order valence-electron chi connectivity index (χ3n) is 3.67. The number of rotatable bonds is 4. The second-order valence-corrected chi connectivity index (χ2v) is 4.60. The van der Waals surface area contributed by atoms with Crippen molar-refractivity contribution < 1.29 is 9.90 Å². The highest BCUT2D eigenvalue weighted by atomic mass is 16.4. The first kappa shape index (κ1) is 11.4. The van der Waals surface area contributed by atoms with Crippen molar-refractivity contribution in [1.29, 1.82) is 0 Å². The summed E-state index contributed by atoms with van der Waals surface area (Å²) in [6.07, 6.45) is 8.79. The topological polar surface area (TPSA) is 43.8 Å². The van der Waals surface area contributed by atoms with E-state index in [1.807, 2.05) is 4.90 Å². The average molecular weight is 222 g/mol. The summed E-state index contributed by atoms with van der Waals surface area (Å²) in [6, 6.07) is 0.877. The van der Waals surface area contributed by atoms with Gasteiger partial charge in [0.1, 0.15) is 0 Å². The molecule has 2 aliphatic heterocycles. The minimum atomic E-state index is -0.785. The normalized spacial score (nSPS) is 29.2. The molecule has 1 N–H and O–H groups in total. The molecule has 2 atom stereocenters. The number of carboxylic acids is 1. The third kappa shape index (κ3) is 2.21. The van der Waals surface area contributed by atoms with E-state index < -0.39 is 5.97 Å². The van der Waals surface area contributed by atoms with Crippen molar-refractivity contribution in [3.8, 4) is 12.3 Å². The molecule has 0 aliphatic carbocycles. The van der Waals surface area contributed by atoms with Gasteiger partial charge >= 0.3 is 5.97 Å². The molecule has 2 saturated heterocycles. The molecule has 0 saturated carbocycles. The van der Waals surface area contributed by atoms with Gasteiger partial charge in [0.25, 0.3) is 0 Å². The van der Waals surface area contributed by atoms with Gasteiger partial charge in [0, 0.05) is 18.6 Å². The van der Waals surface area contributed by atoms with Crippen molar-refractivity contribution in [1.82, 2.24) is 9.80 Å². The summed E-state index contributed by atoms with van der Waals surface area (Å²) in [5.41, 5.74) is 0. The quantitative estimate of drug-likeness (QED) is 0.692. The molecule has 88 valence electrons. The van der Waals surface area contributed by atoms with Crippen LogP contribution in [0.5, 0.6) is 0 Å². The van der Waals surface area contributed by atoms with Gasteiger partial charge in [0.15, 0.2) is 0 Å². The first-order chi connectivity index (χ1) is 7.72. The van der Waals surface area contributed by atoms with E-state index in [1.54, 1.807) is 0 Å². The Hall–Kier alpha value is -1.05. The number of fused-ring (bicyclic) bond motifs is 1. The number of hydrogen-bond donors (Lipinski definition) is 1. The van der Waals surface area contributed by atoms with Gasteiger partial charge in [-0.2, -0.15) is 0 Å². The second kappa shape index (κ2) is 4.86. The fourth-order valence-electron chi connectivity index (χ4n) is 3.06. The monoisotopic (exact) mass is 222 g/mol. The standard InChI is InChI=1S/C12H18N2O2/c1-2-6-14(9-12(15)16)11-5-8-13-7-3-4-10(11)13/h1,10-11H,3-9H2,(H,15,16). The Balaban J connectivity index is 2.02. The number of carbonyl (C=O) groups is 1. The number of nitrogens with zero attached hydrogens (tertiary/aromatic N) is 2. The van der Waals surface area contributed by atoms with Crippen molar-refractivity contribution in [2.24, 2.45) is 0 Å². The van der Waals surface area contributed by atoms with Crippen LogP contribution in [0, 0.1) is 12.3 Å². The lowest BCUT2D eigenvalue weighted by Crippen LogP contribution is -2.45. The van der Waals surface area contributed by atoms with Crippen LogP contribution in [0.25, 0.3) is 0 Å². The Bertz CT molecular complexity index is 311. The van der Waals surface area contributed by atoms with E-state index >= 15 is 0 Å². The first-order valence-corrected chi connectivity index (χ1v) is 5.85. The fourth-order valence-corrected chi connectivity index (χ4v) is 3.06. The van der Waals surface area contributed by atoms with Crippen LogP contribution in [0.2, 0.25) is 0 Å². The molecule has 2 unspecified atom stereocenters. The van der Waals surface area contributed by atoms with Gasteiger partial charge in [-0.3, -0.25) is 14.6 Å². The van der Waals surface area contributed by atoms with Crippen molar-refractivity contribution >= 4 is 5.97 Å². The van der Waals surface area contributed by atoms with Gasteiger partial charge in [-0.15, -0.1) is 6.42 Å². The first-order valence-electron chi connectivity index (χ1n) is 5.85. The van der Waals surface area contributed by atoms with Gasteiger partial charge in [-0.05, 0) is 25.8 Å². The zero-order chi connectivity index (χ0) is 11.5. The summed E-state index contributed by atoms with van der Waals surface area (Å²) < 4.78 is 0. The molecule has 2 fully saturated rings. The molecule has 16 heavy (non-hydrogen) atoms. The minimum absolute atomic E-state index is 0.0687. The largest absolute Gasteiger partial charge is 0.480 e. The highest BCUT2D eigenvalue weighted by Gasteiger charge is 2.40. The molecule has 0 aromatic rings. The average Bonchev–Trinajstić information content (AvgIpc) is 2.76. The fraction of sp³-hybridized carbons (Fsp3) is 0.750. The van der Waals surface area contributed by atoms with Crippen molar-refractivity contribution in [2.75, 3.05) is 26.2 Å². The predicted octanol–water partition coefficient (Wildman–Crippen LogP) is 0.243. The molecular weight excluding hydrogens is 204 g/mol. The van der Waals surface area contributed by atoms with Gasteiger partial charge in [-0.1, -0.05) is 5.92 Å². The van der Waals surface area contributed by atoms with E-state index in [0.717, 1.165) is 19.5 Å². The molecule has 0 spiro atoms. The Morgan fingerprint density at radius 1 is 1.50 bits per heavy atom. The van der Waals surface area contributed by atoms with Crippen molar-refractivity contribution in [3.05, 3.63) is 0 Å². The minimum Gasteiger partial charge on any atom is -0.480 e. The zero-order valence-electron chi connectivity index (χ0n) is 9.43. The van der Waals surface area contributed by atoms with E-state index in [2.05, 4.69) is 10.8 Å². The summed E-state index contributed by atoms with van der Waals surface area (Å²) in [4.78, 5) is 15.2. The summed E-state index contributed by atoms with van der Waals surface area (Å²) >= 11 is 0. The summed E-state index contributed by atoms with van der Waals surface area (Å²) in [6.45, 7) is 2.77. The molecule has 0 aromatic carbocycles. The van der Waals surface area contributed by atoms with E-state index in [4.69, 9.17) is 11.5 Å². The molecule has 4 heteroatoms. The summed E-state index contributed by atoms with van der Waals surface area (Å²) in [5, 5.41) is 8.89. The predicted molar refractivity (Wildman–Crippen MR) is 61.0 cm³/mol. The Morgan fingerprint density at radius 2 is 2.31 bits per heavy atom. The van der Waals surface area contributed by atoms with Gasteiger partial charge in [0.05, 0.1) is 13.1 Å². The maximum atomic E-state index is 10.8. The SMILES string of the molecule is C#CCN(CC(=O)O)C1CCN2CCCC12. The maximum Gasteiger partial charge on any atom is 0.317 e. The molecule has 0 aromatic heterocycles. The van der Waals surface area contributed by atoms with E-state index in [-0.39, 0.29) is 6.54 Å². The van der Waals surface area contributed by atoms with Crippen LogP contribution >= 0.6 is 0 Å². The smallest absolute Gasteiger partial charge is 0.317 e. The van der Waals surface area contributed by atoms with Gasteiger partial charge in [-0.25, -0.2) is 0 Å². The van der Waals surface area contributed by atoms with Crippen LogP contribution in [-0.4, -0.2) is 59.1 Å². The molecule has 0 bridgehead atoms. The van der Waals surface area contributed by atoms with Gasteiger partial charge in [0.2, 0.25) is 0 Å². The van der Waals surface area contributed by atoms with Crippen LogP contribution in [-0.2, 0) is 4.79 Å². The Kier molecular flexibility index (Phi) is 3.47. The number of aliphatic carboxylic acids is 1. The van der Waals surface area contributed by atoms with Crippen molar-refractivity contribution in [3.63, 3.8) is 0 Å². The lowest BCUT2D eigenvalue weighted by molar-refractivity contribution is -0.138. The lowest BCUT2D eigenvalue weighted by atomic mass is 10.0. The second-order valence-electron chi connectivity index (χ2n) is 4.60. The zero-order valence-corrected chi connectivity index (χ0v) is 9.43. The molecule has 4 nitrogen and oxygen atoms in total. The highest BCUT2D eigenvalue weighted by molar-refractivity contribution is 5.69. The highest BCUT2D eigenvalue weighted by Crippen LogP contribution is 2.30. The molecular formula is C12H18N2O2. The van der Waals surface area contributed by atoms with E-state index in [1.165, 1.54) is 12.8 Å². The van der Waals surface area contributed by atoms with Gasteiger partial charge < -0.3 is 5.11 Å². The Morgan fingerprint density at radius 3 is 3.00 bits per heavy atom. The van der Waals surface area contributed by atoms with E-state index in [0.29, 0.717) is 18.6 Å². The number of terminal acetylenes is 1. The number of carboxylic acid groups (broad SMARTS) is 1. The van der Waals surface area contributed by atoms with E-state index in [9.17, 15) is 4.79 Å². The van der Waals surface area contributed by atoms with Crippen LogP contribution in [0.1, 0.15) is 19.3 Å². The summed E-state index contributed by atoms with van der Waals surface area (Å²) in [5.74, 6) is 1.79. The third-order valence-corrected chi connectivity index (χ3v) is 3.67. The van der Waals surface area contributed by atoms with Crippen molar-refractivity contribution in [2.45, 2.75) is 31.3 Å². The molecule has 2 heterocycles. The number of hydrogen-bond acceptors (Lipinski definition) is 3. The molecule has 0 radical (unpaired) electrons. The molecule has 2 rings (SSSR count). The summed E-state index contributed by atoms with van der Waals surface area (Å²) in [7, 11) is 0.